The molecule has 2 heterocycles. The molecule has 3 amide bonds. The number of aryl methyl sites for hydroxylation is 2. The maximum atomic E-state index is 13.6. The van der Waals surface area contributed by atoms with Gasteiger partial charge < -0.3 is 25.2 Å². The first kappa shape index (κ1) is 29.0. The Labute approximate surface area is 234 Å². The molecule has 1 aliphatic carbocycles. The molecule has 0 radical (unpaired) electrons. The quantitative estimate of drug-likeness (QED) is 0.230. The van der Waals surface area contributed by atoms with Gasteiger partial charge in [-0.1, -0.05) is 6.07 Å². The third-order valence-electron chi connectivity index (χ3n) is 6.35. The molecule has 0 aliphatic heterocycles. The van der Waals surface area contributed by atoms with Gasteiger partial charge in [-0.15, -0.1) is 0 Å². The van der Waals surface area contributed by atoms with Crippen molar-refractivity contribution in [1.29, 1.82) is 0 Å². The molecule has 216 valence electrons. The number of hydrogen-bond acceptors (Lipinski definition) is 9. The van der Waals surface area contributed by atoms with Crippen LogP contribution in [-0.4, -0.2) is 68.9 Å². The maximum absolute atomic E-state index is 13.6. The van der Waals surface area contributed by atoms with E-state index in [1.54, 1.807) is 39.1 Å². The number of amides is 3. The molecular formula is C27H30N6O8. The number of hydrogen-bond donors (Lipinski definition) is 3. The van der Waals surface area contributed by atoms with Gasteiger partial charge in [-0.3, -0.25) is 19.2 Å². The summed E-state index contributed by atoms with van der Waals surface area (Å²) in [7, 11) is 0. The monoisotopic (exact) mass is 566 g/mol. The van der Waals surface area contributed by atoms with Crippen molar-refractivity contribution in [3.05, 3.63) is 53.0 Å². The standard InChI is InChI=1S/C27H30N6O8/c1-4-28-25(37)17-6-5-15(2)20(11-17)33(27(39)41-14-40-22(36)10-9-21(34)35)24-23-16(3)19(12-32(23)30-13-29-24)26(38)31-18-7-8-18/h5-6,11-13,18H,4,7-10,14H2,1-3H3,(H,28,37)(H,31,38)(H,34,35). The zero-order chi connectivity index (χ0) is 29.7. The molecule has 3 N–H and O–H groups in total. The fourth-order valence-electron chi connectivity index (χ4n) is 4.07. The molecule has 0 atom stereocenters. The SMILES string of the molecule is CCNC(=O)c1ccc(C)c(N(C(=O)OCOC(=O)CCC(=O)O)c2ncnn3cc(C(=O)NC4CC4)c(C)c23)c1. The largest absolute Gasteiger partial charge is 0.481 e. The third kappa shape index (κ3) is 6.77. The Morgan fingerprint density at radius 2 is 1.85 bits per heavy atom. The zero-order valence-electron chi connectivity index (χ0n) is 22.8. The number of anilines is 2. The Bertz CT molecular complexity index is 1510. The van der Waals surface area contributed by atoms with Crippen LogP contribution in [0.3, 0.4) is 0 Å². The van der Waals surface area contributed by atoms with E-state index >= 15 is 0 Å². The van der Waals surface area contributed by atoms with E-state index in [1.165, 1.54) is 16.9 Å². The molecule has 1 aromatic carbocycles. The van der Waals surface area contributed by atoms with Gasteiger partial charge in [0.05, 0.1) is 24.1 Å². The summed E-state index contributed by atoms with van der Waals surface area (Å²) >= 11 is 0. The smallest absolute Gasteiger partial charge is 0.423 e. The summed E-state index contributed by atoms with van der Waals surface area (Å²) < 4.78 is 11.5. The van der Waals surface area contributed by atoms with Gasteiger partial charge in [-0.25, -0.2) is 19.2 Å². The molecule has 3 aromatic rings. The second kappa shape index (κ2) is 12.4. The molecule has 4 rings (SSSR count). The highest BCUT2D eigenvalue weighted by Gasteiger charge is 2.30. The van der Waals surface area contributed by atoms with Crippen molar-refractivity contribution in [1.82, 2.24) is 25.2 Å². The first-order valence-corrected chi connectivity index (χ1v) is 13.0. The van der Waals surface area contributed by atoms with Gasteiger partial charge >= 0.3 is 18.0 Å². The molecule has 1 aliphatic rings. The van der Waals surface area contributed by atoms with E-state index in [0.717, 1.165) is 17.7 Å². The highest BCUT2D eigenvalue weighted by Crippen LogP contribution is 2.34. The van der Waals surface area contributed by atoms with Crippen molar-refractivity contribution < 1.29 is 38.6 Å². The Morgan fingerprint density at radius 3 is 2.54 bits per heavy atom. The first-order chi connectivity index (χ1) is 19.6. The van der Waals surface area contributed by atoms with E-state index in [0.29, 0.717) is 28.8 Å². The number of aromatic nitrogens is 3. The van der Waals surface area contributed by atoms with Crippen LogP contribution in [0.1, 0.15) is 64.4 Å². The molecular weight excluding hydrogens is 536 g/mol. The van der Waals surface area contributed by atoms with Gasteiger partial charge in [0, 0.05) is 24.3 Å². The van der Waals surface area contributed by atoms with Gasteiger partial charge in [-0.05, 0) is 56.9 Å². The number of aliphatic carboxylic acids is 1. The lowest BCUT2D eigenvalue weighted by Crippen LogP contribution is -2.31. The molecule has 2 aromatic heterocycles. The number of ether oxygens (including phenoxy) is 2. The predicted octanol–water partition coefficient (Wildman–Crippen LogP) is 2.63. The molecule has 0 spiro atoms. The van der Waals surface area contributed by atoms with E-state index in [1.807, 2.05) is 0 Å². The number of rotatable bonds is 11. The fourth-order valence-corrected chi connectivity index (χ4v) is 4.07. The van der Waals surface area contributed by atoms with Crippen LogP contribution < -0.4 is 15.5 Å². The Balaban J connectivity index is 1.74. The van der Waals surface area contributed by atoms with Crippen LogP contribution in [0.4, 0.5) is 16.3 Å². The highest BCUT2D eigenvalue weighted by atomic mass is 16.7. The van der Waals surface area contributed by atoms with Crippen LogP contribution in [0.15, 0.2) is 30.7 Å². The lowest BCUT2D eigenvalue weighted by atomic mass is 10.1. The molecule has 41 heavy (non-hydrogen) atoms. The van der Waals surface area contributed by atoms with Gasteiger partial charge in [-0.2, -0.15) is 5.10 Å². The maximum Gasteiger partial charge on any atom is 0.423 e. The molecule has 14 heteroatoms. The normalized spacial score (nSPS) is 12.5. The summed E-state index contributed by atoms with van der Waals surface area (Å²) in [6.07, 6.45) is 2.73. The van der Waals surface area contributed by atoms with Crippen LogP contribution in [0.25, 0.3) is 5.52 Å². The molecule has 14 nitrogen and oxygen atoms in total. The van der Waals surface area contributed by atoms with E-state index in [9.17, 15) is 24.0 Å². The minimum atomic E-state index is -1.17. The molecule has 1 saturated carbocycles. The van der Waals surface area contributed by atoms with Crippen LogP contribution >= 0.6 is 0 Å². The summed E-state index contributed by atoms with van der Waals surface area (Å²) in [6.45, 7) is 4.80. The average Bonchev–Trinajstić information content (AvgIpc) is 3.68. The van der Waals surface area contributed by atoms with E-state index < -0.39 is 37.7 Å². The van der Waals surface area contributed by atoms with Crippen molar-refractivity contribution in [3.8, 4) is 0 Å². The number of carbonyl (C=O) groups is 5. The van der Waals surface area contributed by atoms with Gasteiger partial charge in [0.1, 0.15) is 11.8 Å². The Morgan fingerprint density at radius 1 is 1.10 bits per heavy atom. The predicted molar refractivity (Wildman–Crippen MR) is 144 cm³/mol. The van der Waals surface area contributed by atoms with E-state index in [2.05, 4.69) is 20.7 Å². The summed E-state index contributed by atoms with van der Waals surface area (Å²) in [6, 6.07) is 4.89. The third-order valence-corrected chi connectivity index (χ3v) is 6.35. The summed E-state index contributed by atoms with van der Waals surface area (Å²) in [5.41, 5.74) is 2.31. The minimum Gasteiger partial charge on any atom is -0.481 e. The van der Waals surface area contributed by atoms with Crippen molar-refractivity contribution in [2.45, 2.75) is 52.5 Å². The van der Waals surface area contributed by atoms with Crippen molar-refractivity contribution in [3.63, 3.8) is 0 Å². The van der Waals surface area contributed by atoms with Crippen molar-refractivity contribution >= 4 is 46.9 Å². The molecule has 0 saturated heterocycles. The average molecular weight is 567 g/mol. The van der Waals surface area contributed by atoms with Gasteiger partial charge in [0.2, 0.25) is 6.79 Å². The number of carboxylic acid groups (broad SMARTS) is 1. The van der Waals surface area contributed by atoms with Gasteiger partial charge in [0.15, 0.2) is 5.82 Å². The van der Waals surface area contributed by atoms with Crippen LogP contribution in [0, 0.1) is 13.8 Å². The van der Waals surface area contributed by atoms with Crippen LogP contribution in [0.2, 0.25) is 0 Å². The van der Waals surface area contributed by atoms with E-state index in [4.69, 9.17) is 14.6 Å². The zero-order valence-corrected chi connectivity index (χ0v) is 22.8. The van der Waals surface area contributed by atoms with Gasteiger partial charge in [0.25, 0.3) is 11.8 Å². The number of nitrogens with one attached hydrogen (secondary N) is 2. The summed E-state index contributed by atoms with van der Waals surface area (Å²) in [5.74, 6) is -2.62. The van der Waals surface area contributed by atoms with Crippen molar-refractivity contribution in [2.24, 2.45) is 0 Å². The van der Waals surface area contributed by atoms with Crippen molar-refractivity contribution in [2.75, 3.05) is 18.2 Å². The molecule has 0 bridgehead atoms. The van der Waals surface area contributed by atoms with Crippen LogP contribution in [0.5, 0.6) is 0 Å². The molecule has 1 fully saturated rings. The number of fused-ring (bicyclic) bond motifs is 1. The number of carboxylic acids is 1. The number of carbonyl (C=O) groups excluding carboxylic acids is 4. The molecule has 0 unspecified atom stereocenters. The fraction of sp³-hybridized carbons (Fsp3) is 0.370. The first-order valence-electron chi connectivity index (χ1n) is 13.0. The second-order valence-electron chi connectivity index (χ2n) is 9.43. The Kier molecular flexibility index (Phi) is 8.80. The number of benzene rings is 1. The Hall–Kier alpha value is -5.01. The summed E-state index contributed by atoms with van der Waals surface area (Å²) in [5, 5.41) is 18.6. The lowest BCUT2D eigenvalue weighted by Gasteiger charge is -2.24. The lowest BCUT2D eigenvalue weighted by molar-refractivity contribution is -0.154. The minimum absolute atomic E-state index is 0.0568. The number of esters is 1. The number of nitrogens with zero attached hydrogens (tertiary/aromatic N) is 4. The second-order valence-corrected chi connectivity index (χ2v) is 9.43. The summed E-state index contributed by atoms with van der Waals surface area (Å²) in [4.78, 5) is 67.1. The highest BCUT2D eigenvalue weighted by molar-refractivity contribution is 6.05. The van der Waals surface area contributed by atoms with Crippen LogP contribution in [-0.2, 0) is 19.1 Å². The van der Waals surface area contributed by atoms with E-state index in [-0.39, 0.29) is 34.9 Å². The topological polar surface area (TPSA) is 182 Å².